The van der Waals surface area contributed by atoms with Gasteiger partial charge in [-0.1, -0.05) is 18.2 Å². The second-order valence-corrected chi connectivity index (χ2v) is 5.55. The van der Waals surface area contributed by atoms with E-state index in [9.17, 15) is 4.79 Å². The summed E-state index contributed by atoms with van der Waals surface area (Å²) in [7, 11) is 3.16. The van der Waals surface area contributed by atoms with Gasteiger partial charge in [0.15, 0.2) is 0 Å². The number of methoxy groups -OCH3 is 2. The summed E-state index contributed by atoms with van der Waals surface area (Å²) >= 11 is 1.46. The maximum atomic E-state index is 11.8. The molecule has 0 unspecified atom stereocenters. The standard InChI is InChI=1S/C17H18N2O3S/c1-21-14-9-8-13(16(10-14)22-2)11-18-19-17(20)12-23-15-6-4-3-5-7-15/h3-11H,12H2,1-2H3,(H,19,20)/b18-11-. The Hall–Kier alpha value is -2.47. The van der Waals surface area contributed by atoms with E-state index in [-0.39, 0.29) is 5.91 Å². The van der Waals surface area contributed by atoms with Crippen molar-refractivity contribution in [2.45, 2.75) is 4.90 Å². The number of carbonyl (C=O) groups excluding carboxylic acids is 1. The first kappa shape index (κ1) is 16.9. The van der Waals surface area contributed by atoms with Crippen molar-refractivity contribution in [1.29, 1.82) is 0 Å². The lowest BCUT2D eigenvalue weighted by atomic mass is 10.2. The molecular weight excluding hydrogens is 312 g/mol. The van der Waals surface area contributed by atoms with Crippen LogP contribution in [-0.2, 0) is 4.79 Å². The fraction of sp³-hybridized carbons (Fsp3) is 0.176. The van der Waals surface area contributed by atoms with E-state index in [4.69, 9.17) is 9.47 Å². The highest BCUT2D eigenvalue weighted by Gasteiger charge is 2.04. The Morgan fingerprint density at radius 2 is 1.96 bits per heavy atom. The van der Waals surface area contributed by atoms with Crippen molar-refractivity contribution in [3.63, 3.8) is 0 Å². The Bertz CT molecular complexity index is 675. The number of rotatable bonds is 7. The lowest BCUT2D eigenvalue weighted by Gasteiger charge is -2.06. The fourth-order valence-corrected chi connectivity index (χ4v) is 2.51. The third-order valence-electron chi connectivity index (χ3n) is 2.95. The molecule has 1 N–H and O–H groups in total. The molecule has 2 rings (SSSR count). The zero-order valence-electron chi connectivity index (χ0n) is 13.0. The second-order valence-electron chi connectivity index (χ2n) is 4.50. The van der Waals surface area contributed by atoms with Crippen molar-refractivity contribution in [3.8, 4) is 11.5 Å². The van der Waals surface area contributed by atoms with Gasteiger partial charge >= 0.3 is 0 Å². The first-order valence-corrected chi connectivity index (χ1v) is 7.93. The lowest BCUT2D eigenvalue weighted by Crippen LogP contribution is -2.19. The summed E-state index contributed by atoms with van der Waals surface area (Å²) < 4.78 is 10.4. The Morgan fingerprint density at radius 3 is 2.65 bits per heavy atom. The summed E-state index contributed by atoms with van der Waals surface area (Å²) in [6.45, 7) is 0. The fourth-order valence-electron chi connectivity index (χ4n) is 1.80. The Kier molecular flexibility index (Phi) is 6.50. The third kappa shape index (κ3) is 5.34. The molecule has 0 saturated heterocycles. The maximum Gasteiger partial charge on any atom is 0.250 e. The molecular formula is C17H18N2O3S. The van der Waals surface area contributed by atoms with Gasteiger partial charge in [0.2, 0.25) is 5.91 Å². The molecule has 0 radical (unpaired) electrons. The van der Waals surface area contributed by atoms with Crippen LogP contribution in [0.25, 0.3) is 0 Å². The van der Waals surface area contributed by atoms with Gasteiger partial charge in [0.05, 0.1) is 26.2 Å². The van der Waals surface area contributed by atoms with Gasteiger partial charge in [-0.05, 0) is 24.3 Å². The second kappa shape index (κ2) is 8.85. The molecule has 6 heteroatoms. The molecule has 0 aliphatic rings. The van der Waals surface area contributed by atoms with Crippen molar-refractivity contribution in [1.82, 2.24) is 5.43 Å². The molecule has 2 aromatic carbocycles. The monoisotopic (exact) mass is 330 g/mol. The van der Waals surface area contributed by atoms with Crippen LogP contribution in [0.2, 0.25) is 0 Å². The summed E-state index contributed by atoms with van der Waals surface area (Å²) in [5, 5.41) is 3.96. The predicted octanol–water partition coefficient (Wildman–Crippen LogP) is 2.95. The Morgan fingerprint density at radius 1 is 1.17 bits per heavy atom. The van der Waals surface area contributed by atoms with Gasteiger partial charge in [0.1, 0.15) is 11.5 Å². The van der Waals surface area contributed by atoms with Crippen LogP contribution < -0.4 is 14.9 Å². The molecule has 0 heterocycles. The molecule has 0 spiro atoms. The van der Waals surface area contributed by atoms with E-state index in [0.29, 0.717) is 17.3 Å². The number of nitrogens with one attached hydrogen (secondary N) is 1. The minimum atomic E-state index is -0.164. The summed E-state index contributed by atoms with van der Waals surface area (Å²) in [6.07, 6.45) is 1.54. The highest BCUT2D eigenvalue weighted by molar-refractivity contribution is 8.00. The van der Waals surface area contributed by atoms with E-state index >= 15 is 0 Å². The molecule has 0 saturated carbocycles. The van der Waals surface area contributed by atoms with Crippen LogP contribution in [0, 0.1) is 0 Å². The van der Waals surface area contributed by atoms with E-state index in [1.54, 1.807) is 32.6 Å². The van der Waals surface area contributed by atoms with Crippen LogP contribution in [0.3, 0.4) is 0 Å². The summed E-state index contributed by atoms with van der Waals surface area (Å²) in [6, 6.07) is 15.1. The predicted molar refractivity (Wildman–Crippen MR) is 92.4 cm³/mol. The molecule has 0 aliphatic carbocycles. The zero-order valence-corrected chi connectivity index (χ0v) is 13.8. The van der Waals surface area contributed by atoms with Crippen molar-refractivity contribution >= 4 is 23.9 Å². The van der Waals surface area contributed by atoms with E-state index < -0.39 is 0 Å². The first-order chi connectivity index (χ1) is 11.2. The topological polar surface area (TPSA) is 59.9 Å². The number of amides is 1. The average Bonchev–Trinajstić information content (AvgIpc) is 2.61. The van der Waals surface area contributed by atoms with Gasteiger partial charge in [-0.15, -0.1) is 11.8 Å². The molecule has 1 amide bonds. The van der Waals surface area contributed by atoms with Crippen molar-refractivity contribution in [3.05, 3.63) is 54.1 Å². The summed E-state index contributed by atoms with van der Waals surface area (Å²) in [4.78, 5) is 12.8. The van der Waals surface area contributed by atoms with Gasteiger partial charge in [-0.3, -0.25) is 4.79 Å². The summed E-state index contributed by atoms with van der Waals surface area (Å²) in [5.41, 5.74) is 3.26. The van der Waals surface area contributed by atoms with Crippen LogP contribution >= 0.6 is 11.8 Å². The number of nitrogens with zero attached hydrogens (tertiary/aromatic N) is 1. The molecule has 120 valence electrons. The molecule has 23 heavy (non-hydrogen) atoms. The van der Waals surface area contributed by atoms with Gasteiger partial charge in [-0.25, -0.2) is 5.43 Å². The van der Waals surface area contributed by atoms with E-state index in [0.717, 1.165) is 10.5 Å². The molecule has 0 aliphatic heterocycles. The normalized spacial score (nSPS) is 10.5. The van der Waals surface area contributed by atoms with E-state index in [2.05, 4.69) is 10.5 Å². The number of hydrogen-bond acceptors (Lipinski definition) is 5. The Labute approximate surface area is 139 Å². The number of hydrogen-bond donors (Lipinski definition) is 1. The van der Waals surface area contributed by atoms with Crippen molar-refractivity contribution < 1.29 is 14.3 Å². The van der Waals surface area contributed by atoms with Gasteiger partial charge in [0, 0.05) is 16.5 Å². The lowest BCUT2D eigenvalue weighted by molar-refractivity contribution is -0.118. The quantitative estimate of drug-likeness (QED) is 0.482. The van der Waals surface area contributed by atoms with Crippen LogP contribution in [0.15, 0.2) is 58.5 Å². The zero-order chi connectivity index (χ0) is 16.5. The Balaban J connectivity index is 1.87. The summed E-state index contributed by atoms with van der Waals surface area (Å²) in [5.74, 6) is 1.46. The molecule has 0 bridgehead atoms. The largest absolute Gasteiger partial charge is 0.497 e. The molecule has 0 aromatic heterocycles. The minimum Gasteiger partial charge on any atom is -0.497 e. The smallest absolute Gasteiger partial charge is 0.250 e. The van der Waals surface area contributed by atoms with Crippen LogP contribution in [0.4, 0.5) is 0 Å². The maximum absolute atomic E-state index is 11.8. The molecule has 5 nitrogen and oxygen atoms in total. The van der Waals surface area contributed by atoms with Crippen LogP contribution in [-0.4, -0.2) is 32.1 Å². The highest BCUT2D eigenvalue weighted by Crippen LogP contribution is 2.23. The molecule has 0 fully saturated rings. The number of ether oxygens (including phenoxy) is 2. The van der Waals surface area contributed by atoms with Gasteiger partial charge in [0.25, 0.3) is 0 Å². The van der Waals surface area contributed by atoms with Gasteiger partial charge < -0.3 is 9.47 Å². The van der Waals surface area contributed by atoms with Crippen molar-refractivity contribution in [2.75, 3.05) is 20.0 Å². The van der Waals surface area contributed by atoms with Crippen molar-refractivity contribution in [2.24, 2.45) is 5.10 Å². The van der Waals surface area contributed by atoms with Crippen LogP contribution in [0.5, 0.6) is 11.5 Å². The average molecular weight is 330 g/mol. The number of benzene rings is 2. The molecule has 0 atom stereocenters. The minimum absolute atomic E-state index is 0.164. The third-order valence-corrected chi connectivity index (χ3v) is 3.96. The number of thioether (sulfide) groups is 1. The first-order valence-electron chi connectivity index (χ1n) is 6.94. The number of hydrazone groups is 1. The highest BCUT2D eigenvalue weighted by atomic mass is 32.2. The van der Waals surface area contributed by atoms with Crippen LogP contribution in [0.1, 0.15) is 5.56 Å². The number of carbonyl (C=O) groups is 1. The SMILES string of the molecule is COc1ccc(/C=N\NC(=O)CSc2ccccc2)c(OC)c1. The molecule has 2 aromatic rings. The van der Waals surface area contributed by atoms with Gasteiger partial charge in [-0.2, -0.15) is 5.10 Å². The van der Waals surface area contributed by atoms with E-state index in [1.165, 1.54) is 11.8 Å². The van der Waals surface area contributed by atoms with E-state index in [1.807, 2.05) is 36.4 Å².